The van der Waals surface area contributed by atoms with Crippen molar-refractivity contribution >= 4 is 5.69 Å². The van der Waals surface area contributed by atoms with E-state index in [1.54, 1.807) is 7.11 Å². The quantitative estimate of drug-likeness (QED) is 0.619. The first-order valence-corrected chi connectivity index (χ1v) is 7.09. The number of piperazine rings is 1. The summed E-state index contributed by atoms with van der Waals surface area (Å²) >= 11 is 0. The number of rotatable bonds is 6. The number of terminal acetylenes is 1. The molecule has 1 aromatic carbocycles. The van der Waals surface area contributed by atoms with Crippen LogP contribution in [0.15, 0.2) is 24.3 Å². The molecule has 108 valence electrons. The molecule has 0 aliphatic carbocycles. The molecule has 0 radical (unpaired) electrons. The lowest BCUT2D eigenvalue weighted by molar-refractivity contribution is 0.259. The lowest BCUT2D eigenvalue weighted by Crippen LogP contribution is -2.48. The molecular weight excluding hydrogens is 250 g/mol. The van der Waals surface area contributed by atoms with Crippen LogP contribution in [0.5, 0.6) is 5.75 Å². The molecule has 0 atom stereocenters. The molecule has 1 aromatic rings. The minimum Gasteiger partial charge on any atom is -0.497 e. The van der Waals surface area contributed by atoms with Gasteiger partial charge in [-0.05, 0) is 24.3 Å². The highest BCUT2D eigenvalue weighted by Crippen LogP contribution is 2.20. The summed E-state index contributed by atoms with van der Waals surface area (Å²) in [6.07, 6.45) is 5.21. The van der Waals surface area contributed by atoms with Gasteiger partial charge in [-0.3, -0.25) is 4.90 Å². The molecule has 0 unspecified atom stereocenters. The first-order valence-electron chi connectivity index (χ1n) is 7.09. The Bertz CT molecular complexity index is 430. The van der Waals surface area contributed by atoms with E-state index in [1.807, 2.05) is 12.1 Å². The van der Waals surface area contributed by atoms with Crippen LogP contribution >= 0.6 is 0 Å². The molecule has 20 heavy (non-hydrogen) atoms. The molecule has 1 aliphatic rings. The summed E-state index contributed by atoms with van der Waals surface area (Å²) in [6.45, 7) is 7.03. The van der Waals surface area contributed by atoms with Crippen LogP contribution in [0.2, 0.25) is 0 Å². The third kappa shape index (κ3) is 4.16. The van der Waals surface area contributed by atoms with Crippen molar-refractivity contribution < 1.29 is 4.74 Å². The Kier molecular flexibility index (Phi) is 5.72. The Balaban J connectivity index is 1.74. The molecular formula is C16H23N3O. The fourth-order valence-corrected chi connectivity index (χ4v) is 2.42. The van der Waals surface area contributed by atoms with Gasteiger partial charge in [-0.1, -0.05) is 5.92 Å². The highest BCUT2D eigenvalue weighted by atomic mass is 16.5. The number of hydrogen-bond acceptors (Lipinski definition) is 4. The fraction of sp³-hybridized carbons (Fsp3) is 0.500. The zero-order valence-corrected chi connectivity index (χ0v) is 12.1. The Morgan fingerprint density at radius 3 is 2.50 bits per heavy atom. The Morgan fingerprint density at radius 1 is 1.20 bits per heavy atom. The van der Waals surface area contributed by atoms with Crippen LogP contribution in [0.3, 0.4) is 0 Å². The van der Waals surface area contributed by atoms with Crippen LogP contribution in [0.4, 0.5) is 5.69 Å². The molecule has 0 spiro atoms. The second kappa shape index (κ2) is 7.78. The molecule has 0 saturated carbocycles. The maximum atomic E-state index is 5.21. The van der Waals surface area contributed by atoms with Gasteiger partial charge in [0.1, 0.15) is 5.75 Å². The van der Waals surface area contributed by atoms with E-state index in [2.05, 4.69) is 33.2 Å². The van der Waals surface area contributed by atoms with E-state index >= 15 is 0 Å². The van der Waals surface area contributed by atoms with Crippen LogP contribution in [0, 0.1) is 12.3 Å². The third-order valence-corrected chi connectivity index (χ3v) is 3.64. The molecule has 1 fully saturated rings. The van der Waals surface area contributed by atoms with Crippen molar-refractivity contribution in [1.82, 2.24) is 10.2 Å². The van der Waals surface area contributed by atoms with E-state index < -0.39 is 0 Å². The van der Waals surface area contributed by atoms with E-state index in [9.17, 15) is 0 Å². The molecule has 0 aromatic heterocycles. The van der Waals surface area contributed by atoms with Crippen molar-refractivity contribution in [1.29, 1.82) is 0 Å². The number of ether oxygens (including phenoxy) is 1. The van der Waals surface area contributed by atoms with Gasteiger partial charge >= 0.3 is 0 Å². The summed E-state index contributed by atoms with van der Waals surface area (Å²) in [7, 11) is 1.70. The van der Waals surface area contributed by atoms with Crippen molar-refractivity contribution in [3.63, 3.8) is 0 Å². The van der Waals surface area contributed by atoms with Crippen LogP contribution in [-0.4, -0.2) is 57.8 Å². The SMILES string of the molecule is C#CCNCCN1CCN(c2ccc(OC)cc2)CC1. The van der Waals surface area contributed by atoms with Gasteiger partial charge in [0.2, 0.25) is 0 Å². The number of benzene rings is 1. The van der Waals surface area contributed by atoms with Crippen molar-refractivity contribution in [2.75, 3.05) is 57.8 Å². The van der Waals surface area contributed by atoms with Crippen molar-refractivity contribution in [3.05, 3.63) is 24.3 Å². The minimum absolute atomic E-state index is 0.659. The predicted octanol–water partition coefficient (Wildman–Crippen LogP) is 1.04. The van der Waals surface area contributed by atoms with Crippen LogP contribution < -0.4 is 15.0 Å². The molecule has 1 heterocycles. The molecule has 1 N–H and O–H groups in total. The van der Waals surface area contributed by atoms with Gasteiger partial charge < -0.3 is 15.0 Å². The predicted molar refractivity (Wildman–Crippen MR) is 83.3 cm³/mol. The Labute approximate surface area is 121 Å². The summed E-state index contributed by atoms with van der Waals surface area (Å²) < 4.78 is 5.19. The van der Waals surface area contributed by atoms with Gasteiger partial charge in [0.05, 0.1) is 13.7 Å². The van der Waals surface area contributed by atoms with Gasteiger partial charge in [0.15, 0.2) is 0 Å². The average Bonchev–Trinajstić information content (AvgIpc) is 2.52. The molecule has 2 rings (SSSR count). The van der Waals surface area contributed by atoms with Crippen LogP contribution in [0.1, 0.15) is 0 Å². The zero-order chi connectivity index (χ0) is 14.2. The van der Waals surface area contributed by atoms with Crippen molar-refractivity contribution in [3.8, 4) is 18.1 Å². The van der Waals surface area contributed by atoms with Crippen molar-refractivity contribution in [2.24, 2.45) is 0 Å². The van der Waals surface area contributed by atoms with E-state index in [0.717, 1.165) is 45.0 Å². The standard InChI is InChI=1S/C16H23N3O/c1-3-8-17-9-10-18-11-13-19(14-12-18)15-4-6-16(20-2)7-5-15/h1,4-7,17H,8-14H2,2H3. The first-order chi connectivity index (χ1) is 9.83. The lowest BCUT2D eigenvalue weighted by Gasteiger charge is -2.36. The first kappa shape index (κ1) is 14.7. The summed E-state index contributed by atoms with van der Waals surface area (Å²) in [6, 6.07) is 8.29. The molecule has 0 amide bonds. The zero-order valence-electron chi connectivity index (χ0n) is 12.1. The molecule has 1 aliphatic heterocycles. The van der Waals surface area contributed by atoms with E-state index in [4.69, 9.17) is 11.2 Å². The van der Waals surface area contributed by atoms with Gasteiger partial charge in [-0.25, -0.2) is 0 Å². The fourth-order valence-electron chi connectivity index (χ4n) is 2.42. The topological polar surface area (TPSA) is 27.7 Å². The van der Waals surface area contributed by atoms with Gasteiger partial charge in [0.25, 0.3) is 0 Å². The summed E-state index contributed by atoms with van der Waals surface area (Å²) in [4.78, 5) is 4.90. The molecule has 1 saturated heterocycles. The second-order valence-electron chi connectivity index (χ2n) is 4.91. The van der Waals surface area contributed by atoms with Crippen LogP contribution in [-0.2, 0) is 0 Å². The molecule has 0 bridgehead atoms. The number of hydrogen-bond donors (Lipinski definition) is 1. The van der Waals surface area contributed by atoms with E-state index in [1.165, 1.54) is 5.69 Å². The summed E-state index contributed by atoms with van der Waals surface area (Å²) in [5.74, 6) is 3.50. The smallest absolute Gasteiger partial charge is 0.119 e. The lowest BCUT2D eigenvalue weighted by atomic mass is 10.2. The number of methoxy groups -OCH3 is 1. The molecule has 4 heteroatoms. The highest BCUT2D eigenvalue weighted by Gasteiger charge is 2.16. The van der Waals surface area contributed by atoms with Crippen LogP contribution in [0.25, 0.3) is 0 Å². The largest absolute Gasteiger partial charge is 0.497 e. The Morgan fingerprint density at radius 2 is 1.90 bits per heavy atom. The number of anilines is 1. The summed E-state index contributed by atoms with van der Waals surface area (Å²) in [5.41, 5.74) is 1.27. The van der Waals surface area contributed by atoms with Gasteiger partial charge in [-0.2, -0.15) is 0 Å². The maximum absolute atomic E-state index is 5.21. The van der Waals surface area contributed by atoms with Crippen molar-refractivity contribution in [2.45, 2.75) is 0 Å². The average molecular weight is 273 g/mol. The van der Waals surface area contributed by atoms with E-state index in [0.29, 0.717) is 6.54 Å². The number of nitrogens with zero attached hydrogens (tertiary/aromatic N) is 2. The Hall–Kier alpha value is -1.70. The number of nitrogens with one attached hydrogen (secondary N) is 1. The normalized spacial score (nSPS) is 15.9. The van der Waals surface area contributed by atoms with Gasteiger partial charge in [0, 0.05) is 45.0 Å². The highest BCUT2D eigenvalue weighted by molar-refractivity contribution is 5.49. The monoisotopic (exact) mass is 273 g/mol. The maximum Gasteiger partial charge on any atom is 0.119 e. The minimum atomic E-state index is 0.659. The second-order valence-corrected chi connectivity index (χ2v) is 4.91. The van der Waals surface area contributed by atoms with E-state index in [-0.39, 0.29) is 0 Å². The summed E-state index contributed by atoms with van der Waals surface area (Å²) in [5, 5.41) is 3.23. The van der Waals surface area contributed by atoms with Gasteiger partial charge in [-0.15, -0.1) is 6.42 Å². The third-order valence-electron chi connectivity index (χ3n) is 3.64. The molecule has 4 nitrogen and oxygen atoms in total.